The van der Waals surface area contributed by atoms with Crippen LogP contribution < -0.4 is 11.1 Å². The van der Waals surface area contributed by atoms with Crippen LogP contribution in [-0.2, 0) is 0 Å². The van der Waals surface area contributed by atoms with Crippen molar-refractivity contribution in [2.45, 2.75) is 0 Å². The SMILES string of the molecule is CNc1cc(N)n(-c2ccccc2)n1. The third-order valence-corrected chi connectivity index (χ3v) is 1.99. The van der Waals surface area contributed by atoms with Gasteiger partial charge in [0, 0.05) is 13.1 Å². The molecule has 0 unspecified atom stereocenters. The highest BCUT2D eigenvalue weighted by atomic mass is 15.3. The Morgan fingerprint density at radius 2 is 2.00 bits per heavy atom. The van der Waals surface area contributed by atoms with E-state index in [-0.39, 0.29) is 0 Å². The van der Waals surface area contributed by atoms with Crippen LogP contribution >= 0.6 is 0 Å². The summed E-state index contributed by atoms with van der Waals surface area (Å²) in [4.78, 5) is 0. The maximum Gasteiger partial charge on any atom is 0.150 e. The molecular formula is C10H12N4. The zero-order valence-corrected chi connectivity index (χ0v) is 7.94. The van der Waals surface area contributed by atoms with E-state index in [0.717, 1.165) is 11.5 Å². The van der Waals surface area contributed by atoms with Crippen molar-refractivity contribution in [1.29, 1.82) is 0 Å². The minimum Gasteiger partial charge on any atom is -0.384 e. The molecule has 0 amide bonds. The van der Waals surface area contributed by atoms with Crippen molar-refractivity contribution in [3.63, 3.8) is 0 Å². The lowest BCUT2D eigenvalue weighted by Gasteiger charge is -2.02. The molecule has 4 heteroatoms. The Bertz CT molecular complexity index is 419. The number of hydrogen-bond acceptors (Lipinski definition) is 3. The number of anilines is 2. The van der Waals surface area contributed by atoms with Gasteiger partial charge in [-0.1, -0.05) is 18.2 Å². The molecule has 1 aromatic heterocycles. The van der Waals surface area contributed by atoms with E-state index in [1.807, 2.05) is 37.4 Å². The standard InChI is InChI=1S/C10H12N4/c1-12-10-7-9(11)14(13-10)8-5-3-2-4-6-8/h2-7H,11H2,1H3,(H,12,13). The van der Waals surface area contributed by atoms with Crippen LogP contribution in [0, 0.1) is 0 Å². The molecule has 1 aromatic carbocycles. The van der Waals surface area contributed by atoms with Crippen LogP contribution in [0.1, 0.15) is 0 Å². The van der Waals surface area contributed by atoms with Gasteiger partial charge in [0.1, 0.15) is 11.6 Å². The van der Waals surface area contributed by atoms with E-state index >= 15 is 0 Å². The van der Waals surface area contributed by atoms with Gasteiger partial charge in [-0.3, -0.25) is 0 Å². The van der Waals surface area contributed by atoms with Crippen molar-refractivity contribution >= 4 is 11.6 Å². The van der Waals surface area contributed by atoms with Crippen LogP contribution in [0.4, 0.5) is 11.6 Å². The summed E-state index contributed by atoms with van der Waals surface area (Å²) >= 11 is 0. The third kappa shape index (κ3) is 1.42. The van der Waals surface area contributed by atoms with Crippen molar-refractivity contribution in [3.8, 4) is 5.69 Å². The molecule has 0 fully saturated rings. The fourth-order valence-corrected chi connectivity index (χ4v) is 1.29. The monoisotopic (exact) mass is 188 g/mol. The molecule has 0 aliphatic carbocycles. The molecule has 14 heavy (non-hydrogen) atoms. The van der Waals surface area contributed by atoms with E-state index < -0.39 is 0 Å². The van der Waals surface area contributed by atoms with Crippen LogP contribution in [0.15, 0.2) is 36.4 Å². The molecule has 0 atom stereocenters. The molecule has 0 radical (unpaired) electrons. The predicted octanol–water partition coefficient (Wildman–Crippen LogP) is 1.50. The first-order valence-corrected chi connectivity index (χ1v) is 4.40. The molecule has 72 valence electrons. The second-order valence-corrected chi connectivity index (χ2v) is 2.95. The molecule has 0 saturated carbocycles. The van der Waals surface area contributed by atoms with E-state index in [9.17, 15) is 0 Å². The second kappa shape index (κ2) is 3.41. The number of nitrogens with one attached hydrogen (secondary N) is 1. The number of aromatic nitrogens is 2. The number of nitrogens with two attached hydrogens (primary N) is 1. The lowest BCUT2D eigenvalue weighted by Crippen LogP contribution is -2.01. The van der Waals surface area contributed by atoms with E-state index in [4.69, 9.17) is 5.73 Å². The lowest BCUT2D eigenvalue weighted by atomic mass is 10.3. The van der Waals surface area contributed by atoms with E-state index in [0.29, 0.717) is 5.82 Å². The van der Waals surface area contributed by atoms with Crippen molar-refractivity contribution in [3.05, 3.63) is 36.4 Å². The van der Waals surface area contributed by atoms with Gasteiger partial charge < -0.3 is 11.1 Å². The minimum absolute atomic E-state index is 0.626. The average Bonchev–Trinajstić information content (AvgIpc) is 2.61. The Hall–Kier alpha value is -1.97. The Labute approximate surface area is 82.4 Å². The summed E-state index contributed by atoms with van der Waals surface area (Å²) in [6.45, 7) is 0. The number of nitrogens with zero attached hydrogens (tertiary/aromatic N) is 2. The molecule has 0 saturated heterocycles. The molecule has 2 aromatic rings. The molecule has 0 aliphatic rings. The summed E-state index contributed by atoms with van der Waals surface area (Å²) in [6.07, 6.45) is 0. The first kappa shape index (κ1) is 8.62. The largest absolute Gasteiger partial charge is 0.384 e. The zero-order valence-electron chi connectivity index (χ0n) is 7.94. The number of nitrogen functional groups attached to an aromatic ring is 1. The molecule has 4 nitrogen and oxygen atoms in total. The highest BCUT2D eigenvalue weighted by Crippen LogP contribution is 2.16. The van der Waals surface area contributed by atoms with Gasteiger partial charge in [0.25, 0.3) is 0 Å². The van der Waals surface area contributed by atoms with Crippen LogP contribution in [0.25, 0.3) is 5.69 Å². The zero-order chi connectivity index (χ0) is 9.97. The van der Waals surface area contributed by atoms with Crippen LogP contribution in [0.2, 0.25) is 0 Å². The Morgan fingerprint density at radius 1 is 1.29 bits per heavy atom. The number of para-hydroxylation sites is 1. The highest BCUT2D eigenvalue weighted by molar-refractivity contribution is 5.50. The van der Waals surface area contributed by atoms with Gasteiger partial charge in [-0.25, -0.2) is 4.68 Å². The number of rotatable bonds is 2. The van der Waals surface area contributed by atoms with Crippen molar-refractivity contribution in [2.24, 2.45) is 0 Å². The van der Waals surface area contributed by atoms with Gasteiger partial charge in [-0.05, 0) is 12.1 Å². The minimum atomic E-state index is 0.626. The third-order valence-electron chi connectivity index (χ3n) is 1.99. The number of hydrogen-bond donors (Lipinski definition) is 2. The first-order valence-electron chi connectivity index (χ1n) is 4.40. The molecule has 3 N–H and O–H groups in total. The van der Waals surface area contributed by atoms with Crippen LogP contribution in [0.3, 0.4) is 0 Å². The average molecular weight is 188 g/mol. The molecule has 2 rings (SSSR count). The van der Waals surface area contributed by atoms with Gasteiger partial charge in [0.2, 0.25) is 0 Å². The Morgan fingerprint density at radius 3 is 2.57 bits per heavy atom. The number of benzene rings is 1. The molecule has 0 bridgehead atoms. The van der Waals surface area contributed by atoms with Gasteiger partial charge >= 0.3 is 0 Å². The summed E-state index contributed by atoms with van der Waals surface area (Å²) in [7, 11) is 1.82. The van der Waals surface area contributed by atoms with Crippen LogP contribution in [0.5, 0.6) is 0 Å². The fraction of sp³-hybridized carbons (Fsp3) is 0.100. The van der Waals surface area contributed by atoms with Crippen molar-refractivity contribution in [1.82, 2.24) is 9.78 Å². The predicted molar refractivity (Wildman–Crippen MR) is 57.5 cm³/mol. The summed E-state index contributed by atoms with van der Waals surface area (Å²) < 4.78 is 1.70. The summed E-state index contributed by atoms with van der Waals surface area (Å²) in [5.74, 6) is 1.40. The summed E-state index contributed by atoms with van der Waals surface area (Å²) in [6, 6.07) is 11.6. The van der Waals surface area contributed by atoms with Gasteiger partial charge in [-0.2, -0.15) is 0 Å². The smallest absolute Gasteiger partial charge is 0.150 e. The Balaban J connectivity index is 2.46. The Kier molecular flexibility index (Phi) is 2.10. The quantitative estimate of drug-likeness (QED) is 0.750. The normalized spacial score (nSPS) is 10.1. The topological polar surface area (TPSA) is 55.9 Å². The maximum atomic E-state index is 5.81. The van der Waals surface area contributed by atoms with Gasteiger partial charge in [-0.15, -0.1) is 5.10 Å². The van der Waals surface area contributed by atoms with Crippen molar-refractivity contribution in [2.75, 3.05) is 18.1 Å². The maximum absolute atomic E-state index is 5.81. The molecule has 0 aliphatic heterocycles. The van der Waals surface area contributed by atoms with Gasteiger partial charge in [0.15, 0.2) is 0 Å². The molecule has 0 spiro atoms. The van der Waals surface area contributed by atoms with E-state index in [1.165, 1.54) is 0 Å². The summed E-state index contributed by atoms with van der Waals surface area (Å²) in [5, 5.41) is 7.23. The van der Waals surface area contributed by atoms with Gasteiger partial charge in [0.05, 0.1) is 5.69 Å². The fourth-order valence-electron chi connectivity index (χ4n) is 1.29. The second-order valence-electron chi connectivity index (χ2n) is 2.95. The van der Waals surface area contributed by atoms with Crippen molar-refractivity contribution < 1.29 is 0 Å². The highest BCUT2D eigenvalue weighted by Gasteiger charge is 2.04. The first-order chi connectivity index (χ1) is 6.81. The molecular weight excluding hydrogens is 176 g/mol. The van der Waals surface area contributed by atoms with E-state index in [2.05, 4.69) is 10.4 Å². The lowest BCUT2D eigenvalue weighted by molar-refractivity contribution is 0.894. The molecule has 1 heterocycles. The van der Waals surface area contributed by atoms with Crippen LogP contribution in [-0.4, -0.2) is 16.8 Å². The summed E-state index contributed by atoms with van der Waals surface area (Å²) in [5.41, 5.74) is 6.77. The van der Waals surface area contributed by atoms with E-state index in [1.54, 1.807) is 10.7 Å².